The van der Waals surface area contributed by atoms with Crippen LogP contribution in [0, 0.1) is 0 Å². The van der Waals surface area contributed by atoms with Gasteiger partial charge in [0.25, 0.3) is 11.8 Å². The van der Waals surface area contributed by atoms with E-state index in [0.717, 1.165) is 0 Å². The van der Waals surface area contributed by atoms with Crippen LogP contribution in [0.15, 0.2) is 24.3 Å². The number of imide groups is 1. The van der Waals surface area contributed by atoms with Crippen molar-refractivity contribution in [3.8, 4) is 0 Å². The molecular formula is C14H10ClN3O4. The minimum Gasteiger partial charge on any atom is -0.335 e. The zero-order chi connectivity index (χ0) is 15.9. The van der Waals surface area contributed by atoms with Crippen LogP contribution in [0.25, 0.3) is 0 Å². The predicted octanol–water partition coefficient (Wildman–Crippen LogP) is 1.99. The van der Waals surface area contributed by atoms with E-state index < -0.39 is 17.8 Å². The second-order valence-electron chi connectivity index (χ2n) is 4.54. The second kappa shape index (κ2) is 5.27. The Kier molecular flexibility index (Phi) is 3.42. The standard InChI is InChI=1S/C14H10ClN3O4/c1-2-9-10(15)17-11(16-9)14(21)22-18-12(19)7-5-3-4-6-8(7)13(18)20/h3-6H,2H2,1H3,(H,16,17). The van der Waals surface area contributed by atoms with Gasteiger partial charge in [-0.25, -0.2) is 9.78 Å². The fourth-order valence-electron chi connectivity index (χ4n) is 2.10. The number of nitrogens with one attached hydrogen (secondary N) is 1. The fourth-order valence-corrected chi connectivity index (χ4v) is 2.36. The number of hydrogen-bond donors (Lipinski definition) is 1. The van der Waals surface area contributed by atoms with Crippen molar-refractivity contribution >= 4 is 29.4 Å². The number of hydrogen-bond acceptors (Lipinski definition) is 5. The van der Waals surface area contributed by atoms with Crippen LogP contribution in [0.2, 0.25) is 5.15 Å². The van der Waals surface area contributed by atoms with Gasteiger partial charge >= 0.3 is 5.97 Å². The molecule has 0 spiro atoms. The van der Waals surface area contributed by atoms with Gasteiger partial charge in [0.15, 0.2) is 5.15 Å². The Morgan fingerprint density at radius 2 is 1.86 bits per heavy atom. The van der Waals surface area contributed by atoms with Crippen LogP contribution in [0.3, 0.4) is 0 Å². The molecule has 22 heavy (non-hydrogen) atoms. The van der Waals surface area contributed by atoms with Gasteiger partial charge in [-0.05, 0) is 18.6 Å². The first-order chi connectivity index (χ1) is 10.5. The molecule has 0 unspecified atom stereocenters. The molecule has 1 aromatic heterocycles. The maximum atomic E-state index is 12.1. The highest BCUT2D eigenvalue weighted by atomic mass is 35.5. The lowest BCUT2D eigenvalue weighted by Gasteiger charge is -2.11. The monoisotopic (exact) mass is 319 g/mol. The Hall–Kier alpha value is -2.67. The molecule has 0 atom stereocenters. The topological polar surface area (TPSA) is 92.4 Å². The number of carbonyl (C=O) groups excluding carboxylic acids is 3. The molecule has 112 valence electrons. The van der Waals surface area contributed by atoms with E-state index in [1.54, 1.807) is 12.1 Å². The first-order valence-corrected chi connectivity index (χ1v) is 6.85. The van der Waals surface area contributed by atoms with E-state index in [0.29, 0.717) is 17.2 Å². The highest BCUT2D eigenvalue weighted by molar-refractivity contribution is 6.30. The zero-order valence-electron chi connectivity index (χ0n) is 11.4. The molecule has 0 saturated carbocycles. The third-order valence-electron chi connectivity index (χ3n) is 3.21. The maximum Gasteiger partial charge on any atom is 0.399 e. The summed E-state index contributed by atoms with van der Waals surface area (Å²) in [6.07, 6.45) is 0.548. The van der Waals surface area contributed by atoms with Gasteiger partial charge in [0.1, 0.15) is 0 Å². The summed E-state index contributed by atoms with van der Waals surface area (Å²) in [5.41, 5.74) is 0.940. The Balaban J connectivity index is 1.83. The molecule has 0 fully saturated rings. The number of nitrogens with zero attached hydrogens (tertiary/aromatic N) is 2. The molecule has 2 amide bonds. The highest BCUT2D eigenvalue weighted by Crippen LogP contribution is 2.23. The first-order valence-electron chi connectivity index (χ1n) is 6.47. The van der Waals surface area contributed by atoms with Gasteiger partial charge in [0, 0.05) is 0 Å². The van der Waals surface area contributed by atoms with Gasteiger partial charge in [0.2, 0.25) is 5.82 Å². The number of aromatic amines is 1. The predicted molar refractivity (Wildman–Crippen MR) is 75.3 cm³/mol. The summed E-state index contributed by atoms with van der Waals surface area (Å²) >= 11 is 5.84. The van der Waals surface area contributed by atoms with Crippen molar-refractivity contribution in [2.75, 3.05) is 0 Å². The molecular weight excluding hydrogens is 310 g/mol. The number of fused-ring (bicyclic) bond motifs is 1. The van der Waals surface area contributed by atoms with Gasteiger partial charge in [-0.3, -0.25) is 9.59 Å². The molecule has 0 bridgehead atoms. The molecule has 1 N–H and O–H groups in total. The number of hydroxylamine groups is 2. The molecule has 1 aromatic carbocycles. The summed E-state index contributed by atoms with van der Waals surface area (Å²) in [6, 6.07) is 6.22. The van der Waals surface area contributed by atoms with Crippen LogP contribution in [-0.4, -0.2) is 32.8 Å². The molecule has 0 saturated heterocycles. The quantitative estimate of drug-likeness (QED) is 0.873. The third-order valence-corrected chi connectivity index (χ3v) is 3.52. The smallest absolute Gasteiger partial charge is 0.335 e. The van der Waals surface area contributed by atoms with Crippen LogP contribution in [0.4, 0.5) is 0 Å². The number of H-pyrrole nitrogens is 1. The normalized spacial score (nSPS) is 13.5. The average Bonchev–Trinajstić information content (AvgIpc) is 3.01. The summed E-state index contributed by atoms with van der Waals surface area (Å²) in [4.78, 5) is 47.5. The zero-order valence-corrected chi connectivity index (χ0v) is 12.2. The fraction of sp³-hybridized carbons (Fsp3) is 0.143. The van der Waals surface area contributed by atoms with Gasteiger partial charge in [-0.2, -0.15) is 0 Å². The number of halogens is 1. The minimum absolute atomic E-state index is 0.150. The van der Waals surface area contributed by atoms with E-state index >= 15 is 0 Å². The van der Waals surface area contributed by atoms with Crippen molar-refractivity contribution in [1.29, 1.82) is 0 Å². The summed E-state index contributed by atoms with van der Waals surface area (Å²) < 4.78 is 0. The Labute approximate surface area is 129 Å². The van der Waals surface area contributed by atoms with Crippen molar-refractivity contribution < 1.29 is 19.2 Å². The van der Waals surface area contributed by atoms with E-state index in [1.165, 1.54) is 12.1 Å². The Morgan fingerprint density at radius 1 is 1.27 bits per heavy atom. The summed E-state index contributed by atoms with van der Waals surface area (Å²) in [5, 5.41) is 0.575. The van der Waals surface area contributed by atoms with Gasteiger partial charge in [-0.1, -0.05) is 35.7 Å². The maximum absolute atomic E-state index is 12.1. The summed E-state index contributed by atoms with van der Waals surface area (Å²) in [7, 11) is 0. The number of imidazole rings is 1. The number of aryl methyl sites for hydroxylation is 1. The van der Waals surface area contributed by atoms with Crippen LogP contribution in [-0.2, 0) is 11.3 Å². The lowest BCUT2D eigenvalue weighted by atomic mass is 10.1. The molecule has 0 radical (unpaired) electrons. The van der Waals surface area contributed by atoms with Crippen LogP contribution in [0.5, 0.6) is 0 Å². The summed E-state index contributed by atoms with van der Waals surface area (Å²) in [5.74, 6) is -2.51. The van der Waals surface area contributed by atoms with Crippen molar-refractivity contribution in [3.63, 3.8) is 0 Å². The van der Waals surface area contributed by atoms with Crippen LogP contribution >= 0.6 is 11.6 Å². The first kappa shape index (κ1) is 14.3. The highest BCUT2D eigenvalue weighted by Gasteiger charge is 2.39. The molecule has 0 aliphatic carbocycles. The Morgan fingerprint density at radius 3 is 2.36 bits per heavy atom. The number of benzene rings is 1. The SMILES string of the molecule is CCc1[nH]c(C(=O)ON2C(=O)c3ccccc3C2=O)nc1Cl. The molecule has 7 nitrogen and oxygen atoms in total. The molecule has 1 aliphatic heterocycles. The second-order valence-corrected chi connectivity index (χ2v) is 4.90. The number of rotatable bonds is 3. The van der Waals surface area contributed by atoms with Gasteiger partial charge < -0.3 is 9.82 Å². The van der Waals surface area contributed by atoms with E-state index in [4.69, 9.17) is 16.4 Å². The molecule has 2 aromatic rings. The number of aromatic nitrogens is 2. The van der Waals surface area contributed by atoms with Crippen molar-refractivity contribution in [2.24, 2.45) is 0 Å². The van der Waals surface area contributed by atoms with E-state index in [9.17, 15) is 14.4 Å². The molecule has 3 rings (SSSR count). The number of carbonyl (C=O) groups is 3. The van der Waals surface area contributed by atoms with Gasteiger partial charge in [-0.15, -0.1) is 0 Å². The van der Waals surface area contributed by atoms with Crippen LogP contribution < -0.4 is 0 Å². The van der Waals surface area contributed by atoms with E-state index in [1.807, 2.05) is 6.92 Å². The summed E-state index contributed by atoms with van der Waals surface area (Å²) in [6.45, 7) is 1.83. The van der Waals surface area contributed by atoms with Crippen molar-refractivity contribution in [2.45, 2.75) is 13.3 Å². The third kappa shape index (κ3) is 2.15. The minimum atomic E-state index is -0.962. The number of amides is 2. The van der Waals surface area contributed by atoms with Gasteiger partial charge in [0.05, 0.1) is 16.8 Å². The Bertz CT molecular complexity index is 764. The van der Waals surface area contributed by atoms with E-state index in [-0.39, 0.29) is 22.1 Å². The lowest BCUT2D eigenvalue weighted by Crippen LogP contribution is -2.33. The molecule has 2 heterocycles. The lowest BCUT2D eigenvalue weighted by molar-refractivity contribution is -0.0592. The average molecular weight is 320 g/mol. The molecule has 1 aliphatic rings. The largest absolute Gasteiger partial charge is 0.399 e. The van der Waals surface area contributed by atoms with E-state index in [2.05, 4.69) is 9.97 Å². The van der Waals surface area contributed by atoms with Crippen molar-refractivity contribution in [3.05, 3.63) is 52.1 Å². The van der Waals surface area contributed by atoms with Crippen molar-refractivity contribution in [1.82, 2.24) is 15.0 Å². The molecule has 8 heteroatoms. The van der Waals surface area contributed by atoms with Crippen LogP contribution in [0.1, 0.15) is 44.0 Å².